The molecular formula is C14H15N3O5S. The van der Waals surface area contributed by atoms with Crippen molar-refractivity contribution in [2.24, 2.45) is 10.2 Å². The van der Waals surface area contributed by atoms with Crippen molar-refractivity contribution in [2.45, 2.75) is 11.7 Å². The van der Waals surface area contributed by atoms with Crippen LogP contribution >= 0.6 is 11.8 Å². The highest BCUT2D eigenvalue weighted by molar-refractivity contribution is 8.15. The molecule has 2 rings (SSSR count). The van der Waals surface area contributed by atoms with Crippen LogP contribution in [0.2, 0.25) is 0 Å². The minimum atomic E-state index is -1.03. The lowest BCUT2D eigenvalue weighted by Gasteiger charge is -2.07. The normalized spacial score (nSPS) is 19.1. The number of amidine groups is 1. The molecule has 0 aromatic heterocycles. The maximum Gasteiger partial charge on any atom is 0.305 e. The molecule has 2 N–H and O–H groups in total. The SMILES string of the molecule is COc1ccc(/C=N/N=C2/NC(=O)[C@@H](CC(=O)O)S2)cc1OC. The van der Waals surface area contributed by atoms with E-state index in [1.807, 2.05) is 0 Å². The number of hydrogen-bond donors (Lipinski definition) is 2. The molecule has 0 radical (unpaired) electrons. The summed E-state index contributed by atoms with van der Waals surface area (Å²) in [5.74, 6) is -0.245. The summed E-state index contributed by atoms with van der Waals surface area (Å²) < 4.78 is 10.3. The number of carboxylic acids is 1. The molecule has 0 aliphatic carbocycles. The molecule has 1 fully saturated rings. The van der Waals surface area contributed by atoms with Gasteiger partial charge >= 0.3 is 5.97 Å². The summed E-state index contributed by atoms with van der Waals surface area (Å²) in [4.78, 5) is 22.2. The van der Waals surface area contributed by atoms with E-state index in [4.69, 9.17) is 14.6 Å². The Kier molecular flexibility index (Phi) is 5.58. The van der Waals surface area contributed by atoms with Crippen LogP contribution < -0.4 is 14.8 Å². The fourth-order valence-corrected chi connectivity index (χ4v) is 2.74. The minimum absolute atomic E-state index is 0.255. The van der Waals surface area contributed by atoms with Gasteiger partial charge in [0.15, 0.2) is 16.7 Å². The molecule has 1 aliphatic rings. The van der Waals surface area contributed by atoms with E-state index in [-0.39, 0.29) is 17.5 Å². The van der Waals surface area contributed by atoms with E-state index in [2.05, 4.69) is 15.5 Å². The second kappa shape index (κ2) is 7.63. The summed E-state index contributed by atoms with van der Waals surface area (Å²) in [7, 11) is 3.08. The van der Waals surface area contributed by atoms with E-state index in [9.17, 15) is 9.59 Å². The smallest absolute Gasteiger partial charge is 0.305 e. The van der Waals surface area contributed by atoms with Crippen LogP contribution in [0.4, 0.5) is 0 Å². The minimum Gasteiger partial charge on any atom is -0.493 e. The molecule has 1 aromatic rings. The summed E-state index contributed by atoms with van der Waals surface area (Å²) >= 11 is 1.05. The predicted molar refractivity (Wildman–Crippen MR) is 86.3 cm³/mol. The van der Waals surface area contributed by atoms with Gasteiger partial charge in [-0.3, -0.25) is 9.59 Å². The van der Waals surface area contributed by atoms with E-state index in [0.29, 0.717) is 11.5 Å². The lowest BCUT2D eigenvalue weighted by Crippen LogP contribution is -2.26. The first kappa shape index (κ1) is 16.8. The van der Waals surface area contributed by atoms with Gasteiger partial charge in [-0.25, -0.2) is 0 Å². The Morgan fingerprint density at radius 1 is 1.39 bits per heavy atom. The fourth-order valence-electron chi connectivity index (χ4n) is 1.83. The molecule has 1 atom stereocenters. The number of nitrogens with zero attached hydrogens (tertiary/aromatic N) is 2. The highest BCUT2D eigenvalue weighted by atomic mass is 32.2. The zero-order valence-electron chi connectivity index (χ0n) is 12.5. The average Bonchev–Trinajstić information content (AvgIpc) is 2.86. The summed E-state index contributed by atoms with van der Waals surface area (Å²) in [5.41, 5.74) is 0.739. The number of carbonyl (C=O) groups is 2. The molecule has 0 saturated carbocycles. The maximum absolute atomic E-state index is 11.5. The summed E-state index contributed by atoms with van der Waals surface area (Å²) in [5, 5.41) is 18.6. The zero-order chi connectivity index (χ0) is 16.8. The van der Waals surface area contributed by atoms with Crippen molar-refractivity contribution in [1.29, 1.82) is 0 Å². The lowest BCUT2D eigenvalue weighted by molar-refractivity contribution is -0.138. The van der Waals surface area contributed by atoms with Gasteiger partial charge in [-0.2, -0.15) is 5.10 Å². The van der Waals surface area contributed by atoms with E-state index >= 15 is 0 Å². The number of hydrogen-bond acceptors (Lipinski definition) is 7. The van der Waals surface area contributed by atoms with E-state index in [1.54, 1.807) is 25.3 Å². The molecule has 1 aliphatic heterocycles. The maximum atomic E-state index is 11.5. The molecule has 9 heteroatoms. The van der Waals surface area contributed by atoms with Gasteiger partial charge in [0.1, 0.15) is 5.25 Å². The van der Waals surface area contributed by atoms with Gasteiger partial charge in [-0.1, -0.05) is 11.8 Å². The van der Waals surface area contributed by atoms with Gasteiger partial charge in [-0.15, -0.1) is 5.10 Å². The molecule has 122 valence electrons. The molecule has 23 heavy (non-hydrogen) atoms. The Labute approximate surface area is 136 Å². The van der Waals surface area contributed by atoms with Crippen LogP contribution in [-0.2, 0) is 9.59 Å². The van der Waals surface area contributed by atoms with E-state index in [0.717, 1.165) is 17.3 Å². The number of ether oxygens (including phenoxy) is 2. The Bertz CT molecular complexity index is 674. The van der Waals surface area contributed by atoms with Gasteiger partial charge in [0.25, 0.3) is 0 Å². The standard InChI is InChI=1S/C14H15N3O5S/c1-21-9-4-3-8(5-10(9)22-2)7-15-17-14-16-13(20)11(23-14)6-12(18)19/h3-5,7,11H,6H2,1-2H3,(H,18,19)(H,16,17,20)/b15-7+/t11-/m1/s1. The first-order valence-corrected chi connectivity index (χ1v) is 7.44. The Morgan fingerprint density at radius 2 is 2.13 bits per heavy atom. The number of carbonyl (C=O) groups excluding carboxylic acids is 1. The molecule has 1 aromatic carbocycles. The van der Waals surface area contributed by atoms with Gasteiger partial charge in [0.05, 0.1) is 26.9 Å². The van der Waals surface area contributed by atoms with E-state index in [1.165, 1.54) is 13.3 Å². The number of aliphatic carboxylic acids is 1. The summed E-state index contributed by atoms with van der Waals surface area (Å²) in [6.45, 7) is 0. The number of benzene rings is 1. The van der Waals surface area contributed by atoms with Crippen LogP contribution in [-0.4, -0.2) is 47.8 Å². The van der Waals surface area contributed by atoms with Crippen LogP contribution in [0.5, 0.6) is 11.5 Å². The largest absolute Gasteiger partial charge is 0.493 e. The van der Waals surface area contributed by atoms with Crippen molar-refractivity contribution in [3.8, 4) is 11.5 Å². The quantitative estimate of drug-likeness (QED) is 0.594. The molecule has 0 spiro atoms. The molecule has 8 nitrogen and oxygen atoms in total. The van der Waals surface area contributed by atoms with Crippen LogP contribution in [0, 0.1) is 0 Å². The molecule has 0 bridgehead atoms. The lowest BCUT2D eigenvalue weighted by atomic mass is 10.2. The Morgan fingerprint density at radius 3 is 2.78 bits per heavy atom. The number of thioether (sulfide) groups is 1. The highest BCUT2D eigenvalue weighted by Gasteiger charge is 2.32. The average molecular weight is 337 g/mol. The zero-order valence-corrected chi connectivity index (χ0v) is 13.3. The first-order valence-electron chi connectivity index (χ1n) is 6.56. The number of amides is 1. The van der Waals surface area contributed by atoms with Crippen LogP contribution in [0.15, 0.2) is 28.4 Å². The summed E-state index contributed by atoms with van der Waals surface area (Å²) in [6.07, 6.45) is 1.24. The van der Waals surface area contributed by atoms with Crippen molar-refractivity contribution in [1.82, 2.24) is 5.32 Å². The molecule has 1 saturated heterocycles. The Balaban J connectivity index is 2.04. The van der Waals surface area contributed by atoms with Gasteiger partial charge < -0.3 is 19.9 Å². The van der Waals surface area contributed by atoms with Crippen molar-refractivity contribution in [2.75, 3.05) is 14.2 Å². The summed E-state index contributed by atoms with van der Waals surface area (Å²) in [6, 6.07) is 5.25. The third kappa shape index (κ3) is 4.46. The van der Waals surface area contributed by atoms with Crippen LogP contribution in [0.3, 0.4) is 0 Å². The van der Waals surface area contributed by atoms with Crippen molar-refractivity contribution < 1.29 is 24.2 Å². The topological polar surface area (TPSA) is 110 Å². The monoisotopic (exact) mass is 337 g/mol. The predicted octanol–water partition coefficient (Wildman–Crippen LogP) is 1.10. The molecule has 1 heterocycles. The number of rotatable bonds is 6. The van der Waals surface area contributed by atoms with E-state index < -0.39 is 11.2 Å². The second-order valence-electron chi connectivity index (χ2n) is 4.46. The van der Waals surface area contributed by atoms with Gasteiger partial charge in [0, 0.05) is 0 Å². The Hall–Kier alpha value is -2.55. The molecular weight excluding hydrogens is 322 g/mol. The van der Waals surface area contributed by atoms with Crippen molar-refractivity contribution in [3.63, 3.8) is 0 Å². The third-order valence-corrected chi connectivity index (χ3v) is 3.97. The van der Waals surface area contributed by atoms with Gasteiger partial charge in [-0.05, 0) is 23.8 Å². The van der Waals surface area contributed by atoms with Crippen molar-refractivity contribution in [3.05, 3.63) is 23.8 Å². The first-order chi connectivity index (χ1) is 11.0. The van der Waals surface area contributed by atoms with Crippen molar-refractivity contribution >= 4 is 35.0 Å². The number of nitrogens with one attached hydrogen (secondary N) is 1. The molecule has 0 unspecified atom stereocenters. The van der Waals surface area contributed by atoms with Gasteiger partial charge in [0.2, 0.25) is 5.91 Å². The molecule has 1 amide bonds. The number of carboxylic acid groups (broad SMARTS) is 1. The second-order valence-corrected chi connectivity index (χ2v) is 5.65. The number of methoxy groups -OCH3 is 2. The van der Waals surface area contributed by atoms with Crippen LogP contribution in [0.1, 0.15) is 12.0 Å². The van der Waals surface area contributed by atoms with Crippen LogP contribution in [0.25, 0.3) is 0 Å². The third-order valence-electron chi connectivity index (χ3n) is 2.90. The fraction of sp³-hybridized carbons (Fsp3) is 0.286. The highest BCUT2D eigenvalue weighted by Crippen LogP contribution is 2.27.